The van der Waals surface area contributed by atoms with Crippen molar-refractivity contribution >= 4 is 17.4 Å². The maximum atomic E-state index is 13.2. The van der Waals surface area contributed by atoms with Gasteiger partial charge in [-0.1, -0.05) is 11.6 Å². The van der Waals surface area contributed by atoms with E-state index in [2.05, 4.69) is 14.5 Å². The molecule has 0 radical (unpaired) electrons. The van der Waals surface area contributed by atoms with Gasteiger partial charge in [0.05, 0.1) is 26.3 Å². The van der Waals surface area contributed by atoms with Crippen molar-refractivity contribution in [3.63, 3.8) is 0 Å². The Morgan fingerprint density at radius 1 is 1.16 bits per heavy atom. The molecule has 162 valence electrons. The molecule has 1 atom stereocenters. The van der Waals surface area contributed by atoms with Crippen LogP contribution in [0.2, 0.25) is 5.02 Å². The molecule has 0 bridgehead atoms. The minimum atomic E-state index is -0.0921. The van der Waals surface area contributed by atoms with Gasteiger partial charge >= 0.3 is 0 Å². The van der Waals surface area contributed by atoms with E-state index in [1.54, 1.807) is 32.4 Å². The molecule has 0 saturated carbocycles. The Bertz CT molecular complexity index is 1050. The van der Waals surface area contributed by atoms with Gasteiger partial charge in [-0.3, -0.25) is 9.69 Å². The van der Waals surface area contributed by atoms with Gasteiger partial charge < -0.3 is 14.0 Å². The smallest absolute Gasteiger partial charge is 0.170 e. The van der Waals surface area contributed by atoms with Crippen LogP contribution in [-0.4, -0.2) is 47.5 Å². The highest BCUT2D eigenvalue weighted by molar-refractivity contribution is 6.31. The Kier molecular flexibility index (Phi) is 6.59. The highest BCUT2D eigenvalue weighted by Crippen LogP contribution is 2.29. The summed E-state index contributed by atoms with van der Waals surface area (Å²) in [5.74, 6) is 2.33. The van der Waals surface area contributed by atoms with Crippen LogP contribution in [0.15, 0.2) is 54.9 Å². The average Bonchev–Trinajstić information content (AvgIpc) is 3.26. The number of imidazole rings is 1. The highest BCUT2D eigenvalue weighted by atomic mass is 35.5. The summed E-state index contributed by atoms with van der Waals surface area (Å²) in [6.45, 7) is 2.30. The van der Waals surface area contributed by atoms with Gasteiger partial charge in [0.2, 0.25) is 0 Å². The molecule has 0 aliphatic carbocycles. The second kappa shape index (κ2) is 9.54. The number of Topliss-reactive ketones (excluding diaryl/α,β-unsaturated/α-hetero) is 1. The number of hydrogen-bond donors (Lipinski definition) is 0. The zero-order valence-electron chi connectivity index (χ0n) is 17.8. The van der Waals surface area contributed by atoms with Gasteiger partial charge in [0.1, 0.15) is 17.3 Å². The summed E-state index contributed by atoms with van der Waals surface area (Å²) >= 11 is 6.14. The van der Waals surface area contributed by atoms with Crippen LogP contribution in [-0.2, 0) is 6.54 Å². The Hall–Kier alpha value is -2.83. The molecule has 1 aliphatic heterocycles. The van der Waals surface area contributed by atoms with Crippen LogP contribution in [0.1, 0.15) is 29.0 Å². The Morgan fingerprint density at radius 2 is 1.97 bits per heavy atom. The fourth-order valence-corrected chi connectivity index (χ4v) is 4.31. The van der Waals surface area contributed by atoms with Gasteiger partial charge in [-0.05, 0) is 61.9 Å². The lowest BCUT2D eigenvalue weighted by atomic mass is 9.89. The Labute approximate surface area is 187 Å². The summed E-state index contributed by atoms with van der Waals surface area (Å²) in [6.07, 6.45) is 5.59. The Morgan fingerprint density at radius 3 is 2.71 bits per heavy atom. The summed E-state index contributed by atoms with van der Waals surface area (Å²) < 4.78 is 12.7. The number of piperidine rings is 1. The lowest BCUT2D eigenvalue weighted by Crippen LogP contribution is -2.38. The lowest BCUT2D eigenvalue weighted by Gasteiger charge is -2.32. The molecule has 2 aromatic carbocycles. The molecule has 0 amide bonds. The molecule has 1 aromatic heterocycles. The van der Waals surface area contributed by atoms with Gasteiger partial charge in [0.25, 0.3) is 0 Å². The molecule has 3 aromatic rings. The molecule has 6 nitrogen and oxygen atoms in total. The zero-order chi connectivity index (χ0) is 21.8. The van der Waals surface area contributed by atoms with E-state index in [1.165, 1.54) is 0 Å². The SMILES string of the molecule is COc1ccc(-n2ccnc2CN2CCCC(C(=O)c3cc(Cl)ccc3OC)C2)cc1. The third-order valence-corrected chi connectivity index (χ3v) is 5.97. The minimum Gasteiger partial charge on any atom is -0.497 e. The van der Waals surface area contributed by atoms with Crippen LogP contribution in [0.5, 0.6) is 11.5 Å². The van der Waals surface area contributed by atoms with Crippen LogP contribution in [0, 0.1) is 5.92 Å². The maximum absolute atomic E-state index is 13.2. The average molecular weight is 440 g/mol. The maximum Gasteiger partial charge on any atom is 0.170 e. The number of likely N-dealkylation sites (tertiary alicyclic amines) is 1. The summed E-state index contributed by atoms with van der Waals surface area (Å²) in [7, 11) is 3.23. The predicted octanol–water partition coefficient (Wildman–Crippen LogP) is 4.64. The molecule has 7 heteroatoms. The fraction of sp³-hybridized carbons (Fsp3) is 0.333. The van der Waals surface area contributed by atoms with Crippen LogP contribution >= 0.6 is 11.6 Å². The number of ether oxygens (including phenoxy) is 2. The monoisotopic (exact) mass is 439 g/mol. The van der Waals surface area contributed by atoms with Crippen molar-refractivity contribution in [2.45, 2.75) is 19.4 Å². The first-order chi connectivity index (χ1) is 15.1. The van der Waals surface area contributed by atoms with Gasteiger partial charge in [-0.25, -0.2) is 4.98 Å². The van der Waals surface area contributed by atoms with E-state index in [0.29, 0.717) is 29.4 Å². The second-order valence-corrected chi connectivity index (χ2v) is 8.13. The first-order valence-electron chi connectivity index (χ1n) is 10.4. The summed E-state index contributed by atoms with van der Waals surface area (Å²) in [6, 6.07) is 13.1. The molecule has 31 heavy (non-hydrogen) atoms. The molecule has 1 saturated heterocycles. The van der Waals surface area contributed by atoms with Crippen LogP contribution in [0.3, 0.4) is 0 Å². The standard InChI is InChI=1S/C24H26ClN3O3/c1-30-20-8-6-19(7-9-20)28-13-11-26-23(28)16-27-12-3-4-17(15-27)24(29)21-14-18(25)5-10-22(21)31-2/h5-11,13-14,17H,3-4,12,15-16H2,1-2H3. The van der Waals surface area contributed by atoms with Crippen molar-refractivity contribution in [1.29, 1.82) is 0 Å². The molecular formula is C24H26ClN3O3. The van der Waals surface area contributed by atoms with Gasteiger partial charge in [0, 0.05) is 35.6 Å². The number of hydrogen-bond acceptors (Lipinski definition) is 5. The molecule has 0 spiro atoms. The second-order valence-electron chi connectivity index (χ2n) is 7.69. The van der Waals surface area contributed by atoms with Crippen molar-refractivity contribution < 1.29 is 14.3 Å². The quantitative estimate of drug-likeness (QED) is 0.502. The first-order valence-corrected chi connectivity index (χ1v) is 10.7. The first kappa shape index (κ1) is 21.4. The van der Waals surface area contributed by atoms with Crippen molar-refractivity contribution in [3.05, 3.63) is 71.3 Å². The van der Waals surface area contributed by atoms with Crippen LogP contribution in [0.25, 0.3) is 5.69 Å². The summed E-state index contributed by atoms with van der Waals surface area (Å²) in [5, 5.41) is 0.540. The van der Waals surface area contributed by atoms with Gasteiger partial charge in [0.15, 0.2) is 5.78 Å². The molecule has 1 aliphatic rings. The topological polar surface area (TPSA) is 56.6 Å². The van der Waals surface area contributed by atoms with E-state index < -0.39 is 0 Å². The number of benzene rings is 2. The predicted molar refractivity (Wildman–Crippen MR) is 120 cm³/mol. The van der Waals surface area contributed by atoms with Crippen molar-refractivity contribution in [2.24, 2.45) is 5.92 Å². The van der Waals surface area contributed by atoms with Crippen LogP contribution in [0.4, 0.5) is 0 Å². The normalized spacial score (nSPS) is 16.8. The molecule has 0 N–H and O–H groups in total. The van der Waals surface area contributed by atoms with E-state index in [9.17, 15) is 4.79 Å². The molecule has 2 heterocycles. The number of ketones is 1. The molecule has 4 rings (SSSR count). The third-order valence-electron chi connectivity index (χ3n) is 5.74. The third kappa shape index (κ3) is 4.75. The van der Waals surface area contributed by atoms with Gasteiger partial charge in [-0.2, -0.15) is 0 Å². The largest absolute Gasteiger partial charge is 0.497 e. The van der Waals surface area contributed by atoms with Crippen molar-refractivity contribution in [1.82, 2.24) is 14.5 Å². The molecule has 1 unspecified atom stereocenters. The zero-order valence-corrected chi connectivity index (χ0v) is 18.5. The van der Waals surface area contributed by atoms with Crippen molar-refractivity contribution in [2.75, 3.05) is 27.3 Å². The van der Waals surface area contributed by atoms with E-state index >= 15 is 0 Å². The number of halogens is 1. The van der Waals surface area contributed by atoms with Crippen molar-refractivity contribution in [3.8, 4) is 17.2 Å². The number of aromatic nitrogens is 2. The number of carbonyl (C=O) groups is 1. The van der Waals surface area contributed by atoms with E-state index in [1.807, 2.05) is 36.7 Å². The van der Waals surface area contributed by atoms with E-state index in [-0.39, 0.29) is 11.7 Å². The lowest BCUT2D eigenvalue weighted by molar-refractivity contribution is 0.0805. The fourth-order valence-electron chi connectivity index (χ4n) is 4.14. The number of rotatable bonds is 7. The van der Waals surface area contributed by atoms with E-state index in [0.717, 1.165) is 36.6 Å². The minimum absolute atomic E-state index is 0.0857. The molecular weight excluding hydrogens is 414 g/mol. The summed E-state index contributed by atoms with van der Waals surface area (Å²) in [5.41, 5.74) is 1.59. The number of carbonyl (C=O) groups excluding carboxylic acids is 1. The van der Waals surface area contributed by atoms with E-state index in [4.69, 9.17) is 21.1 Å². The number of methoxy groups -OCH3 is 2. The van der Waals surface area contributed by atoms with Crippen LogP contribution < -0.4 is 9.47 Å². The highest BCUT2D eigenvalue weighted by Gasteiger charge is 2.29. The molecule has 1 fully saturated rings. The Balaban J connectivity index is 1.48. The summed E-state index contributed by atoms with van der Waals surface area (Å²) in [4.78, 5) is 20.1. The number of nitrogens with zero attached hydrogens (tertiary/aromatic N) is 3. The van der Waals surface area contributed by atoms with Gasteiger partial charge in [-0.15, -0.1) is 0 Å².